The first kappa shape index (κ1) is 16.4. The Morgan fingerprint density at radius 1 is 1.48 bits per heavy atom. The van der Waals surface area contributed by atoms with E-state index >= 15 is 0 Å². The van der Waals surface area contributed by atoms with Gasteiger partial charge in [0.15, 0.2) is 0 Å². The predicted molar refractivity (Wildman–Crippen MR) is 86.8 cm³/mol. The van der Waals surface area contributed by atoms with Crippen LogP contribution in [0.1, 0.15) is 12.0 Å². The summed E-state index contributed by atoms with van der Waals surface area (Å²) in [5, 5.41) is 7.26. The lowest BCUT2D eigenvalue weighted by Gasteiger charge is -2.32. The van der Waals surface area contributed by atoms with Gasteiger partial charge in [-0.3, -0.25) is 14.4 Å². The zero-order valence-corrected chi connectivity index (χ0v) is 14.2. The minimum atomic E-state index is -0.0129. The van der Waals surface area contributed by atoms with Gasteiger partial charge >= 0.3 is 0 Å². The van der Waals surface area contributed by atoms with Crippen molar-refractivity contribution in [1.82, 2.24) is 24.9 Å². The Kier molecular flexibility index (Phi) is 4.99. The van der Waals surface area contributed by atoms with E-state index < -0.39 is 0 Å². The van der Waals surface area contributed by atoms with Crippen LogP contribution in [-0.4, -0.2) is 78.0 Å². The van der Waals surface area contributed by atoms with E-state index in [1.54, 1.807) is 0 Å². The fourth-order valence-corrected chi connectivity index (χ4v) is 3.49. The van der Waals surface area contributed by atoms with Crippen molar-refractivity contribution < 1.29 is 9.53 Å². The van der Waals surface area contributed by atoms with Gasteiger partial charge in [0, 0.05) is 51.5 Å². The zero-order valence-electron chi connectivity index (χ0n) is 14.2. The van der Waals surface area contributed by atoms with Crippen molar-refractivity contribution in [3.05, 3.63) is 18.0 Å². The number of ether oxygens (including phenoxy) is 1. The highest BCUT2D eigenvalue weighted by atomic mass is 16.5. The highest BCUT2D eigenvalue weighted by Crippen LogP contribution is 2.32. The number of likely N-dealkylation sites (tertiary alicyclic amines) is 1. The lowest BCUT2D eigenvalue weighted by atomic mass is 9.99. The standard InChI is InChI=1S/C16H27N5O2/c1-19(2)5-4-17-16(22)14-6-13-10-21(11-15(14)23-13)9-12-7-18-20(3)8-12/h7-8,13-15H,4-6,9-11H2,1-3H3,(H,17,22)/t13-,14-,15+/m0/s1. The van der Waals surface area contributed by atoms with Gasteiger partial charge in [-0.2, -0.15) is 5.10 Å². The first-order valence-corrected chi connectivity index (χ1v) is 8.29. The molecule has 1 N–H and O–H groups in total. The van der Waals surface area contributed by atoms with Gasteiger partial charge in [-0.15, -0.1) is 0 Å². The molecule has 0 spiro atoms. The molecule has 0 unspecified atom stereocenters. The maximum atomic E-state index is 12.4. The third-order valence-corrected chi connectivity index (χ3v) is 4.59. The molecule has 0 saturated carbocycles. The summed E-state index contributed by atoms with van der Waals surface area (Å²) in [5.41, 5.74) is 1.21. The van der Waals surface area contributed by atoms with Crippen LogP contribution in [0.4, 0.5) is 0 Å². The summed E-state index contributed by atoms with van der Waals surface area (Å²) < 4.78 is 7.82. The number of amides is 1. The number of morpholine rings is 1. The fourth-order valence-electron chi connectivity index (χ4n) is 3.49. The number of carbonyl (C=O) groups excluding carboxylic acids is 1. The van der Waals surface area contributed by atoms with Gasteiger partial charge in [0.25, 0.3) is 0 Å². The maximum Gasteiger partial charge on any atom is 0.225 e. The van der Waals surface area contributed by atoms with Crippen LogP contribution in [-0.2, 0) is 23.1 Å². The molecule has 3 rings (SSSR count). The van der Waals surface area contributed by atoms with Crippen molar-refractivity contribution in [2.75, 3.05) is 40.3 Å². The van der Waals surface area contributed by atoms with Crippen molar-refractivity contribution in [2.45, 2.75) is 25.2 Å². The van der Waals surface area contributed by atoms with E-state index in [0.717, 1.165) is 32.6 Å². The first-order valence-electron chi connectivity index (χ1n) is 8.29. The summed E-state index contributed by atoms with van der Waals surface area (Å²) in [5.74, 6) is 0.128. The second kappa shape index (κ2) is 6.98. The number of aryl methyl sites for hydroxylation is 1. The number of fused-ring (bicyclic) bond motifs is 2. The largest absolute Gasteiger partial charge is 0.371 e. The third-order valence-electron chi connectivity index (χ3n) is 4.59. The molecule has 7 heteroatoms. The van der Waals surface area contributed by atoms with Crippen LogP contribution in [0.15, 0.2) is 12.4 Å². The summed E-state index contributed by atoms with van der Waals surface area (Å²) in [7, 11) is 5.95. The van der Waals surface area contributed by atoms with Crippen molar-refractivity contribution in [2.24, 2.45) is 13.0 Å². The van der Waals surface area contributed by atoms with E-state index in [2.05, 4.69) is 20.2 Å². The van der Waals surface area contributed by atoms with Gasteiger partial charge in [-0.1, -0.05) is 0 Å². The molecule has 2 saturated heterocycles. The van der Waals surface area contributed by atoms with Crippen molar-refractivity contribution in [3.8, 4) is 0 Å². The molecule has 2 aliphatic heterocycles. The molecular weight excluding hydrogens is 294 g/mol. The highest BCUT2D eigenvalue weighted by Gasteiger charge is 2.44. The number of nitrogens with one attached hydrogen (secondary N) is 1. The molecule has 0 aromatic carbocycles. The Morgan fingerprint density at radius 2 is 2.30 bits per heavy atom. The molecule has 1 aromatic rings. The second-order valence-electron chi connectivity index (χ2n) is 6.95. The monoisotopic (exact) mass is 321 g/mol. The molecule has 0 radical (unpaired) electrons. The van der Waals surface area contributed by atoms with Gasteiger partial charge in [0.1, 0.15) is 0 Å². The summed E-state index contributed by atoms with van der Waals surface area (Å²) in [4.78, 5) is 16.8. The van der Waals surface area contributed by atoms with Crippen LogP contribution in [0.5, 0.6) is 0 Å². The summed E-state index contributed by atoms with van der Waals surface area (Å²) >= 11 is 0. The van der Waals surface area contributed by atoms with Gasteiger partial charge in [0.05, 0.1) is 24.3 Å². The fraction of sp³-hybridized carbons (Fsp3) is 0.750. The third kappa shape index (κ3) is 4.10. The molecule has 1 aromatic heterocycles. The SMILES string of the molecule is CN(C)CCNC(=O)[C@H]1C[C@H]2CN(Cc3cnn(C)c3)C[C@H]1O2. The Hall–Kier alpha value is -1.44. The number of likely N-dealkylation sites (N-methyl/N-ethyl adjacent to an activating group) is 1. The molecule has 2 aliphatic rings. The van der Waals surface area contributed by atoms with Crippen LogP contribution in [0.25, 0.3) is 0 Å². The number of carbonyl (C=O) groups is 1. The molecule has 0 aliphatic carbocycles. The summed E-state index contributed by atoms with van der Waals surface area (Å²) in [6, 6.07) is 0. The van der Waals surface area contributed by atoms with Crippen molar-refractivity contribution in [3.63, 3.8) is 0 Å². The van der Waals surface area contributed by atoms with E-state index in [4.69, 9.17) is 4.74 Å². The maximum absolute atomic E-state index is 12.4. The van der Waals surface area contributed by atoms with Crippen LogP contribution >= 0.6 is 0 Å². The van der Waals surface area contributed by atoms with Crippen molar-refractivity contribution in [1.29, 1.82) is 0 Å². The quantitative estimate of drug-likeness (QED) is 0.779. The number of hydrogen-bond acceptors (Lipinski definition) is 5. The number of nitrogens with zero attached hydrogens (tertiary/aromatic N) is 4. The molecule has 2 bridgehead atoms. The van der Waals surface area contributed by atoms with Gasteiger partial charge in [-0.25, -0.2) is 0 Å². The Labute approximate surface area is 137 Å². The molecule has 1 amide bonds. The smallest absolute Gasteiger partial charge is 0.225 e. The van der Waals surface area contributed by atoms with E-state index in [-0.39, 0.29) is 24.0 Å². The van der Waals surface area contributed by atoms with Gasteiger partial charge in [0.2, 0.25) is 5.91 Å². The average molecular weight is 321 g/mol. The Morgan fingerprint density at radius 3 is 3.00 bits per heavy atom. The summed E-state index contributed by atoms with van der Waals surface area (Å²) in [6.07, 6.45) is 4.98. The predicted octanol–water partition coefficient (Wildman–Crippen LogP) is -0.313. The number of aromatic nitrogens is 2. The molecule has 128 valence electrons. The lowest BCUT2D eigenvalue weighted by molar-refractivity contribution is -0.128. The van der Waals surface area contributed by atoms with E-state index in [0.29, 0.717) is 6.54 Å². The minimum Gasteiger partial charge on any atom is -0.371 e. The average Bonchev–Trinajstić information content (AvgIpc) is 3.01. The molecule has 3 atom stereocenters. The normalized spacial score (nSPS) is 27.6. The van der Waals surface area contributed by atoms with E-state index in [9.17, 15) is 4.79 Å². The lowest BCUT2D eigenvalue weighted by Crippen LogP contribution is -2.45. The van der Waals surface area contributed by atoms with Crippen LogP contribution in [0.3, 0.4) is 0 Å². The Balaban J connectivity index is 1.52. The van der Waals surface area contributed by atoms with Crippen LogP contribution in [0.2, 0.25) is 0 Å². The van der Waals surface area contributed by atoms with Gasteiger partial charge < -0.3 is 15.0 Å². The molecule has 23 heavy (non-hydrogen) atoms. The topological polar surface area (TPSA) is 62.6 Å². The van der Waals surface area contributed by atoms with Gasteiger partial charge in [-0.05, 0) is 20.5 Å². The second-order valence-corrected chi connectivity index (χ2v) is 6.95. The van der Waals surface area contributed by atoms with Crippen LogP contribution < -0.4 is 5.32 Å². The van der Waals surface area contributed by atoms with E-state index in [1.165, 1.54) is 5.56 Å². The zero-order chi connectivity index (χ0) is 16.4. The molecule has 3 heterocycles. The Bertz CT molecular complexity index is 544. The molecule has 2 fully saturated rings. The molecular formula is C16H27N5O2. The molecule has 7 nitrogen and oxygen atoms in total. The van der Waals surface area contributed by atoms with Crippen molar-refractivity contribution >= 4 is 5.91 Å². The summed E-state index contributed by atoms with van der Waals surface area (Å²) in [6.45, 7) is 4.14. The first-order chi connectivity index (χ1) is 11.0. The highest BCUT2D eigenvalue weighted by molar-refractivity contribution is 5.79. The van der Waals surface area contributed by atoms with E-state index in [1.807, 2.05) is 38.2 Å². The minimum absolute atomic E-state index is 0.0129. The van der Waals surface area contributed by atoms with Crippen LogP contribution in [0, 0.1) is 5.92 Å². The number of rotatable bonds is 6. The number of hydrogen-bond donors (Lipinski definition) is 1.